The number of hydrogen-bond acceptors (Lipinski definition) is 8. The van der Waals surface area contributed by atoms with E-state index in [0.29, 0.717) is 30.6 Å². The molecule has 1 unspecified atom stereocenters. The van der Waals surface area contributed by atoms with Crippen LogP contribution in [0.25, 0.3) is 5.69 Å². The van der Waals surface area contributed by atoms with E-state index in [-0.39, 0.29) is 24.1 Å². The number of carbonyl (C=O) groups is 3. The predicted octanol–water partition coefficient (Wildman–Crippen LogP) is 1.46. The summed E-state index contributed by atoms with van der Waals surface area (Å²) >= 11 is 1.21. The van der Waals surface area contributed by atoms with Gasteiger partial charge in [-0.15, -0.1) is 10.2 Å². The molecule has 0 spiro atoms. The molecule has 1 saturated heterocycles. The van der Waals surface area contributed by atoms with Crippen LogP contribution < -0.4 is 15.4 Å². The maximum absolute atomic E-state index is 11.8. The van der Waals surface area contributed by atoms with Gasteiger partial charge in [0, 0.05) is 24.6 Å². The molecule has 1 aromatic heterocycles. The lowest BCUT2D eigenvalue weighted by Crippen LogP contribution is -2.53. The highest BCUT2D eigenvalue weighted by molar-refractivity contribution is 7.99. The van der Waals surface area contributed by atoms with Crippen molar-refractivity contribution in [1.82, 2.24) is 25.4 Å². The monoisotopic (exact) mass is 433 g/mol. The summed E-state index contributed by atoms with van der Waals surface area (Å²) < 4.78 is 12.3. The molecular weight excluding hydrogens is 410 g/mol. The number of urea groups is 1. The van der Waals surface area contributed by atoms with E-state index in [1.165, 1.54) is 11.8 Å². The summed E-state index contributed by atoms with van der Waals surface area (Å²) in [5.41, 5.74) is 0.774. The summed E-state index contributed by atoms with van der Waals surface area (Å²) in [6, 6.07) is 6.45. The molecule has 3 amide bonds. The van der Waals surface area contributed by atoms with Gasteiger partial charge >= 0.3 is 12.0 Å². The normalized spacial score (nSPS) is 16.0. The fourth-order valence-electron chi connectivity index (χ4n) is 2.99. The Kier molecular flexibility index (Phi) is 7.28. The van der Waals surface area contributed by atoms with Crippen LogP contribution in [-0.2, 0) is 20.7 Å². The fraction of sp³-hybridized carbons (Fsp3) is 0.421. The van der Waals surface area contributed by atoms with Gasteiger partial charge in [0.05, 0.1) is 19.0 Å². The Balaban J connectivity index is 1.86. The van der Waals surface area contributed by atoms with Crippen molar-refractivity contribution >= 4 is 29.7 Å². The van der Waals surface area contributed by atoms with E-state index in [1.807, 2.05) is 31.2 Å². The molecule has 11 heteroatoms. The largest absolute Gasteiger partial charge is 0.494 e. The van der Waals surface area contributed by atoms with Gasteiger partial charge < -0.3 is 14.8 Å². The predicted molar refractivity (Wildman–Crippen MR) is 109 cm³/mol. The first kappa shape index (κ1) is 21.6. The first-order chi connectivity index (χ1) is 14.5. The number of esters is 1. The van der Waals surface area contributed by atoms with Crippen molar-refractivity contribution in [2.24, 2.45) is 0 Å². The van der Waals surface area contributed by atoms with Crippen LogP contribution in [0, 0.1) is 0 Å². The molecule has 1 fully saturated rings. The lowest BCUT2D eigenvalue weighted by Gasteiger charge is -2.23. The van der Waals surface area contributed by atoms with Gasteiger partial charge in [-0.2, -0.15) is 0 Å². The summed E-state index contributed by atoms with van der Waals surface area (Å²) in [5.74, 6) is 0.693. The molecular formula is C19H23N5O5S. The van der Waals surface area contributed by atoms with Crippen molar-refractivity contribution in [3.63, 3.8) is 0 Å². The molecule has 3 rings (SSSR count). The minimum Gasteiger partial charge on any atom is -0.494 e. The number of aromatic nitrogens is 3. The van der Waals surface area contributed by atoms with Crippen LogP contribution in [0.2, 0.25) is 0 Å². The second-order valence-electron chi connectivity index (χ2n) is 6.38. The number of nitrogens with zero attached hydrogens (tertiary/aromatic N) is 3. The lowest BCUT2D eigenvalue weighted by molar-refractivity contribution is -0.139. The molecule has 1 aliphatic heterocycles. The van der Waals surface area contributed by atoms with Gasteiger partial charge in [0.15, 0.2) is 5.16 Å². The van der Waals surface area contributed by atoms with Gasteiger partial charge in [-0.3, -0.25) is 19.5 Å². The Labute approximate surface area is 177 Å². The molecule has 30 heavy (non-hydrogen) atoms. The first-order valence-electron chi connectivity index (χ1n) is 9.56. The second-order valence-corrected chi connectivity index (χ2v) is 7.32. The molecule has 0 bridgehead atoms. The van der Waals surface area contributed by atoms with Crippen LogP contribution in [0.4, 0.5) is 4.79 Å². The van der Waals surface area contributed by atoms with E-state index in [0.717, 1.165) is 11.4 Å². The highest BCUT2D eigenvalue weighted by atomic mass is 32.2. The Hall–Kier alpha value is -3.08. The van der Waals surface area contributed by atoms with E-state index >= 15 is 0 Å². The standard InChI is InChI=1S/C19H23N5O5S/c1-3-28-14-7-5-13(6-8-14)24-15(9-12-10-16(25)21-18(27)20-12)22-23-19(24)30-11-17(26)29-4-2/h5-8,12H,3-4,9-11H2,1-2H3,(H2,20,21,25,27). The average Bonchev–Trinajstić information content (AvgIpc) is 3.09. The molecule has 2 N–H and O–H groups in total. The van der Waals surface area contributed by atoms with Crippen LogP contribution in [0.3, 0.4) is 0 Å². The lowest BCUT2D eigenvalue weighted by atomic mass is 10.1. The van der Waals surface area contributed by atoms with Crippen LogP contribution in [0.1, 0.15) is 26.1 Å². The molecule has 1 aromatic carbocycles. The molecule has 0 radical (unpaired) electrons. The Bertz CT molecular complexity index is 899. The smallest absolute Gasteiger partial charge is 0.321 e. The van der Waals surface area contributed by atoms with Gasteiger partial charge in [-0.1, -0.05) is 11.8 Å². The Morgan fingerprint density at radius 1 is 1.20 bits per heavy atom. The molecule has 160 valence electrons. The topological polar surface area (TPSA) is 124 Å². The zero-order valence-electron chi connectivity index (χ0n) is 16.7. The van der Waals surface area contributed by atoms with E-state index in [2.05, 4.69) is 20.8 Å². The highest BCUT2D eigenvalue weighted by Gasteiger charge is 2.27. The average molecular weight is 433 g/mol. The van der Waals surface area contributed by atoms with E-state index in [1.54, 1.807) is 11.5 Å². The summed E-state index contributed by atoms with van der Waals surface area (Å²) in [6.07, 6.45) is 0.451. The number of imide groups is 1. The summed E-state index contributed by atoms with van der Waals surface area (Å²) in [6.45, 7) is 4.52. The zero-order valence-corrected chi connectivity index (χ0v) is 17.5. The Morgan fingerprint density at radius 3 is 2.63 bits per heavy atom. The highest BCUT2D eigenvalue weighted by Crippen LogP contribution is 2.25. The summed E-state index contributed by atoms with van der Waals surface area (Å²) in [5, 5.41) is 13.9. The van der Waals surface area contributed by atoms with E-state index < -0.39 is 12.1 Å². The van der Waals surface area contributed by atoms with E-state index in [9.17, 15) is 14.4 Å². The second kappa shape index (κ2) is 10.1. The number of benzene rings is 1. The number of thioether (sulfide) groups is 1. The van der Waals surface area contributed by atoms with Crippen molar-refractivity contribution in [1.29, 1.82) is 0 Å². The molecule has 2 heterocycles. The number of nitrogens with one attached hydrogen (secondary N) is 2. The van der Waals surface area contributed by atoms with Gasteiger partial charge in [0.2, 0.25) is 5.91 Å². The van der Waals surface area contributed by atoms with Crippen LogP contribution >= 0.6 is 11.8 Å². The third-order valence-electron chi connectivity index (χ3n) is 4.18. The van der Waals surface area contributed by atoms with Crippen molar-refractivity contribution in [3.05, 3.63) is 30.1 Å². The quantitative estimate of drug-likeness (QED) is 0.450. The molecule has 10 nitrogen and oxygen atoms in total. The number of ether oxygens (including phenoxy) is 2. The van der Waals surface area contributed by atoms with Crippen molar-refractivity contribution in [2.45, 2.75) is 37.9 Å². The van der Waals surface area contributed by atoms with Crippen LogP contribution in [-0.4, -0.2) is 57.7 Å². The minimum absolute atomic E-state index is 0.0889. The zero-order chi connectivity index (χ0) is 21.5. The van der Waals surface area contributed by atoms with Gasteiger partial charge in [-0.25, -0.2) is 4.79 Å². The molecule has 1 atom stereocenters. The Morgan fingerprint density at radius 2 is 1.97 bits per heavy atom. The number of hydrogen-bond donors (Lipinski definition) is 2. The maximum Gasteiger partial charge on any atom is 0.321 e. The van der Waals surface area contributed by atoms with Crippen molar-refractivity contribution in [2.75, 3.05) is 19.0 Å². The molecule has 1 aliphatic rings. The van der Waals surface area contributed by atoms with Crippen LogP contribution in [0.5, 0.6) is 5.75 Å². The summed E-state index contributed by atoms with van der Waals surface area (Å²) in [7, 11) is 0. The number of amides is 3. The number of rotatable bonds is 9. The third-order valence-corrected chi connectivity index (χ3v) is 5.08. The van der Waals surface area contributed by atoms with Gasteiger partial charge in [-0.05, 0) is 38.1 Å². The van der Waals surface area contributed by atoms with Crippen molar-refractivity contribution in [3.8, 4) is 11.4 Å². The number of carbonyl (C=O) groups excluding carboxylic acids is 3. The first-order valence-corrected chi connectivity index (χ1v) is 10.5. The fourth-order valence-corrected chi connectivity index (χ4v) is 3.76. The van der Waals surface area contributed by atoms with Crippen molar-refractivity contribution < 1.29 is 23.9 Å². The van der Waals surface area contributed by atoms with Gasteiger partial charge in [0.1, 0.15) is 11.6 Å². The minimum atomic E-state index is -0.528. The van der Waals surface area contributed by atoms with E-state index in [4.69, 9.17) is 9.47 Å². The maximum atomic E-state index is 11.8. The van der Waals surface area contributed by atoms with Gasteiger partial charge in [0.25, 0.3) is 0 Å². The third kappa shape index (κ3) is 5.50. The molecule has 0 aliphatic carbocycles. The molecule has 0 saturated carbocycles. The molecule has 2 aromatic rings. The summed E-state index contributed by atoms with van der Waals surface area (Å²) in [4.78, 5) is 35.1. The van der Waals surface area contributed by atoms with Crippen LogP contribution in [0.15, 0.2) is 29.4 Å². The SMILES string of the molecule is CCOC(=O)CSc1nnc(CC2CC(=O)NC(=O)N2)n1-c1ccc(OCC)cc1.